The number of carboxylic acid groups (broad SMARTS) is 1. The molecule has 1 aromatic heterocycles. The van der Waals surface area contributed by atoms with Crippen molar-refractivity contribution in [1.29, 1.82) is 0 Å². The van der Waals surface area contributed by atoms with E-state index in [9.17, 15) is 24.6 Å². The van der Waals surface area contributed by atoms with Crippen molar-refractivity contribution in [3.63, 3.8) is 0 Å². The molecule has 0 radical (unpaired) electrons. The van der Waals surface area contributed by atoms with Crippen LogP contribution in [0.4, 0.5) is 0 Å². The van der Waals surface area contributed by atoms with Crippen LogP contribution in [0.25, 0.3) is 11.1 Å². The molecule has 168 valence electrons. The Morgan fingerprint density at radius 1 is 1.19 bits per heavy atom. The molecule has 1 unspecified atom stereocenters. The Hall–Kier alpha value is -3.40. The van der Waals surface area contributed by atoms with Gasteiger partial charge < -0.3 is 14.7 Å². The van der Waals surface area contributed by atoms with Gasteiger partial charge in [-0.2, -0.15) is 5.16 Å². The molecule has 0 bridgehead atoms. The normalized spacial score (nSPS) is 13.0. The van der Waals surface area contributed by atoms with Gasteiger partial charge in [0.05, 0.1) is 12.6 Å². The predicted molar refractivity (Wildman–Crippen MR) is 117 cm³/mol. The summed E-state index contributed by atoms with van der Waals surface area (Å²) in [6, 6.07) is 14.0. The highest BCUT2D eigenvalue weighted by Gasteiger charge is 2.33. The second kappa shape index (κ2) is 9.39. The summed E-state index contributed by atoms with van der Waals surface area (Å²) < 4.78 is 4.77. The Bertz CT molecular complexity index is 1180. The molecule has 0 saturated carbocycles. The van der Waals surface area contributed by atoms with E-state index in [1.165, 1.54) is 5.01 Å². The molecule has 4 N–H and O–H groups in total. The quantitative estimate of drug-likeness (QED) is 0.380. The number of aromatic nitrogens is 1. The lowest BCUT2D eigenvalue weighted by Gasteiger charge is -2.28. The molecule has 0 spiro atoms. The van der Waals surface area contributed by atoms with Gasteiger partial charge in [0.2, 0.25) is 5.76 Å². The number of aliphatic carboxylic acids is 1. The van der Waals surface area contributed by atoms with Gasteiger partial charge in [0.25, 0.3) is 5.56 Å². The third-order valence-electron chi connectivity index (χ3n) is 4.80. The van der Waals surface area contributed by atoms with Crippen molar-refractivity contribution in [2.75, 3.05) is 6.54 Å². The zero-order valence-corrected chi connectivity index (χ0v) is 18.1. The number of aliphatic hydroxyl groups is 1. The van der Waals surface area contributed by atoms with E-state index in [-0.39, 0.29) is 12.3 Å². The summed E-state index contributed by atoms with van der Waals surface area (Å²) in [4.78, 5) is 35.0. The van der Waals surface area contributed by atoms with E-state index in [0.29, 0.717) is 5.02 Å². The topological polar surface area (TPSA) is 136 Å². The average molecular weight is 460 g/mol. The Labute approximate surface area is 188 Å². The van der Waals surface area contributed by atoms with Crippen LogP contribution in [0.3, 0.4) is 0 Å². The van der Waals surface area contributed by atoms with E-state index in [2.05, 4.69) is 5.43 Å². The number of carbonyl (C=O) groups is 2. The first-order valence-corrected chi connectivity index (χ1v) is 9.98. The molecule has 3 aromatic rings. The minimum atomic E-state index is -2.13. The number of benzene rings is 2. The molecule has 32 heavy (non-hydrogen) atoms. The Kier molecular flexibility index (Phi) is 6.83. The monoisotopic (exact) mass is 459 g/mol. The van der Waals surface area contributed by atoms with Gasteiger partial charge in [-0.25, -0.2) is 9.80 Å². The van der Waals surface area contributed by atoms with Crippen LogP contribution in [0, 0.1) is 6.92 Å². The van der Waals surface area contributed by atoms with Crippen molar-refractivity contribution >= 4 is 23.5 Å². The van der Waals surface area contributed by atoms with Crippen LogP contribution in [-0.2, 0) is 11.3 Å². The van der Waals surface area contributed by atoms with Crippen LogP contribution >= 0.6 is 11.6 Å². The van der Waals surface area contributed by atoms with Crippen molar-refractivity contribution in [2.45, 2.75) is 26.0 Å². The summed E-state index contributed by atoms with van der Waals surface area (Å²) in [5.41, 5.74) is 3.46. The van der Waals surface area contributed by atoms with Gasteiger partial charge in [0, 0.05) is 11.6 Å². The number of rotatable bonds is 8. The van der Waals surface area contributed by atoms with Crippen LogP contribution in [0.5, 0.6) is 0 Å². The van der Waals surface area contributed by atoms with E-state index in [1.54, 1.807) is 0 Å². The number of carboxylic acids is 1. The molecule has 1 amide bonds. The van der Waals surface area contributed by atoms with Gasteiger partial charge >= 0.3 is 11.9 Å². The first-order valence-electron chi connectivity index (χ1n) is 9.61. The fraction of sp³-hybridized carbons (Fsp3) is 0.227. The molecule has 0 saturated heterocycles. The van der Waals surface area contributed by atoms with Crippen molar-refractivity contribution in [3.8, 4) is 11.1 Å². The van der Waals surface area contributed by atoms with Gasteiger partial charge in [-0.05, 0) is 48.2 Å². The van der Waals surface area contributed by atoms with Crippen LogP contribution in [0.1, 0.15) is 28.6 Å². The summed E-state index contributed by atoms with van der Waals surface area (Å²) in [7, 11) is 0. The van der Waals surface area contributed by atoms with E-state index in [4.69, 9.17) is 16.1 Å². The van der Waals surface area contributed by atoms with Gasteiger partial charge in [-0.3, -0.25) is 15.0 Å². The Balaban J connectivity index is 1.81. The van der Waals surface area contributed by atoms with Crippen LogP contribution in [-0.4, -0.2) is 44.4 Å². The first kappa shape index (κ1) is 23.3. The van der Waals surface area contributed by atoms with E-state index in [1.807, 2.05) is 54.5 Å². The zero-order valence-electron chi connectivity index (χ0n) is 17.4. The predicted octanol–water partition coefficient (Wildman–Crippen LogP) is 2.58. The molecule has 1 atom stereocenters. The van der Waals surface area contributed by atoms with Gasteiger partial charge in [0.1, 0.15) is 0 Å². The maximum atomic E-state index is 12.4. The summed E-state index contributed by atoms with van der Waals surface area (Å²) in [6.07, 6.45) is 0. The van der Waals surface area contributed by atoms with Gasteiger partial charge in [-0.1, -0.05) is 41.9 Å². The molecule has 0 aliphatic rings. The molecule has 9 nitrogen and oxygen atoms in total. The molecule has 0 aliphatic carbocycles. The highest BCUT2D eigenvalue weighted by atomic mass is 35.5. The fourth-order valence-electron chi connectivity index (χ4n) is 3.08. The maximum absolute atomic E-state index is 12.4. The third-order valence-corrected chi connectivity index (χ3v) is 5.04. The Morgan fingerprint density at radius 3 is 2.47 bits per heavy atom. The molecular formula is C22H22ClN3O6. The molecular weight excluding hydrogens is 438 g/mol. The number of amides is 1. The number of nitrogens with zero attached hydrogens (tertiary/aromatic N) is 1. The fourth-order valence-corrected chi connectivity index (χ4v) is 3.26. The highest BCUT2D eigenvalue weighted by molar-refractivity contribution is 6.30. The van der Waals surface area contributed by atoms with Crippen LogP contribution < -0.4 is 11.0 Å². The number of H-pyrrole nitrogens is 1. The van der Waals surface area contributed by atoms with Crippen molar-refractivity contribution < 1.29 is 24.3 Å². The molecule has 2 aromatic carbocycles. The van der Waals surface area contributed by atoms with E-state index in [0.717, 1.165) is 35.2 Å². The van der Waals surface area contributed by atoms with Crippen LogP contribution in [0.15, 0.2) is 57.8 Å². The molecule has 0 aliphatic heterocycles. The number of halogens is 1. The van der Waals surface area contributed by atoms with Crippen molar-refractivity contribution in [1.82, 2.24) is 15.6 Å². The zero-order chi connectivity index (χ0) is 23.5. The summed E-state index contributed by atoms with van der Waals surface area (Å²) >= 11 is 6.11. The summed E-state index contributed by atoms with van der Waals surface area (Å²) in [6.45, 7) is 2.76. The Morgan fingerprint density at radius 2 is 1.88 bits per heavy atom. The van der Waals surface area contributed by atoms with Crippen LogP contribution in [0.2, 0.25) is 5.02 Å². The smallest absolute Gasteiger partial charge is 0.336 e. The minimum absolute atomic E-state index is 0.0820. The number of hydrogen-bond donors (Lipinski definition) is 4. The van der Waals surface area contributed by atoms with Crippen molar-refractivity contribution in [2.24, 2.45) is 0 Å². The first-order chi connectivity index (χ1) is 15.0. The number of aromatic amines is 1. The lowest BCUT2D eigenvalue weighted by molar-refractivity contribution is -0.159. The molecule has 3 rings (SSSR count). The highest BCUT2D eigenvalue weighted by Crippen LogP contribution is 2.27. The summed E-state index contributed by atoms with van der Waals surface area (Å²) in [5, 5.41) is 23.3. The van der Waals surface area contributed by atoms with Gasteiger partial charge in [0.15, 0.2) is 5.60 Å². The third kappa shape index (κ3) is 5.64. The number of carbonyl (C=O) groups excluding carboxylic acids is 1. The second-order valence-electron chi connectivity index (χ2n) is 7.61. The average Bonchev–Trinajstić information content (AvgIpc) is 3.16. The number of aryl methyl sites for hydroxylation is 1. The van der Waals surface area contributed by atoms with E-state index >= 15 is 0 Å². The lowest BCUT2D eigenvalue weighted by atomic mass is 9.99. The lowest BCUT2D eigenvalue weighted by Crippen LogP contribution is -2.52. The summed E-state index contributed by atoms with van der Waals surface area (Å²) in [5.74, 6) is -2.49. The SMILES string of the molecule is Cc1ccc(Cl)cc1-c1ccc(CN(CC(C)(O)C(=O)O)NC(=O)c2cc(=O)[nH]o2)cc1. The second-order valence-corrected chi connectivity index (χ2v) is 8.05. The molecule has 1 heterocycles. The number of nitrogens with one attached hydrogen (secondary N) is 2. The number of hydrogen-bond acceptors (Lipinski definition) is 6. The van der Waals surface area contributed by atoms with Crippen molar-refractivity contribution in [3.05, 3.63) is 80.8 Å². The maximum Gasteiger partial charge on any atom is 0.336 e. The molecule has 0 fully saturated rings. The van der Waals surface area contributed by atoms with Gasteiger partial charge in [-0.15, -0.1) is 0 Å². The number of hydrazine groups is 1. The minimum Gasteiger partial charge on any atom is -0.479 e. The largest absolute Gasteiger partial charge is 0.479 e. The standard InChI is InChI=1S/C22H22ClN3O6/c1-13-3-8-16(23)9-17(13)15-6-4-14(5-7-15)11-26(12-22(2,31)21(29)30)24-20(28)18-10-19(27)25-32-18/h3-10,31H,11-12H2,1-2H3,(H,24,28)(H,25,27)(H,29,30). The van der Waals surface area contributed by atoms with E-state index < -0.39 is 29.6 Å². The molecule has 10 heteroatoms.